The van der Waals surface area contributed by atoms with Gasteiger partial charge in [0.15, 0.2) is 11.5 Å². The summed E-state index contributed by atoms with van der Waals surface area (Å²) in [6.07, 6.45) is 4.52. The van der Waals surface area contributed by atoms with Gasteiger partial charge in [-0.15, -0.1) is 0 Å². The SMILES string of the molecule is Cc1ccc(-c2nn(C(C)C3CC3)cc2N)o1. The number of nitrogens with two attached hydrogens (primary N) is 1. The third kappa shape index (κ3) is 1.84. The van der Waals surface area contributed by atoms with Gasteiger partial charge in [0.25, 0.3) is 0 Å². The summed E-state index contributed by atoms with van der Waals surface area (Å²) in [6, 6.07) is 4.28. The zero-order valence-electron chi connectivity index (χ0n) is 10.2. The second-order valence-electron chi connectivity index (χ2n) is 4.90. The fraction of sp³-hybridized carbons (Fsp3) is 0.462. The number of furan rings is 1. The first-order valence-corrected chi connectivity index (χ1v) is 6.06. The first-order valence-electron chi connectivity index (χ1n) is 6.06. The molecule has 1 aliphatic rings. The lowest BCUT2D eigenvalue weighted by molar-refractivity contribution is 0.439. The Morgan fingerprint density at radius 3 is 2.82 bits per heavy atom. The molecular weight excluding hydrogens is 214 g/mol. The van der Waals surface area contributed by atoms with Crippen molar-refractivity contribution in [3.8, 4) is 11.5 Å². The van der Waals surface area contributed by atoms with Crippen LogP contribution in [0.25, 0.3) is 11.5 Å². The first-order chi connectivity index (χ1) is 8.15. The molecule has 0 bridgehead atoms. The van der Waals surface area contributed by atoms with Gasteiger partial charge in [0, 0.05) is 6.20 Å². The molecule has 1 aliphatic carbocycles. The number of anilines is 1. The highest BCUT2D eigenvalue weighted by atomic mass is 16.3. The normalized spacial score (nSPS) is 17.3. The van der Waals surface area contributed by atoms with E-state index in [4.69, 9.17) is 10.2 Å². The van der Waals surface area contributed by atoms with Crippen LogP contribution < -0.4 is 5.73 Å². The van der Waals surface area contributed by atoms with E-state index in [2.05, 4.69) is 12.0 Å². The monoisotopic (exact) mass is 231 g/mol. The number of nitrogens with zero attached hydrogens (tertiary/aromatic N) is 2. The quantitative estimate of drug-likeness (QED) is 0.883. The summed E-state index contributed by atoms with van der Waals surface area (Å²) in [5.74, 6) is 2.39. The summed E-state index contributed by atoms with van der Waals surface area (Å²) in [6.45, 7) is 4.12. The Morgan fingerprint density at radius 2 is 2.24 bits per heavy atom. The van der Waals surface area contributed by atoms with Gasteiger partial charge in [-0.05, 0) is 44.7 Å². The van der Waals surface area contributed by atoms with Gasteiger partial charge in [-0.25, -0.2) is 0 Å². The molecule has 0 radical (unpaired) electrons. The van der Waals surface area contributed by atoms with Crippen LogP contribution in [0, 0.1) is 12.8 Å². The van der Waals surface area contributed by atoms with Crippen LogP contribution in [0.4, 0.5) is 5.69 Å². The molecule has 1 atom stereocenters. The minimum Gasteiger partial charge on any atom is -0.460 e. The predicted molar refractivity (Wildman–Crippen MR) is 66.5 cm³/mol. The average molecular weight is 231 g/mol. The Balaban J connectivity index is 1.95. The van der Waals surface area contributed by atoms with Gasteiger partial charge < -0.3 is 10.2 Å². The van der Waals surface area contributed by atoms with Crippen molar-refractivity contribution in [2.24, 2.45) is 5.92 Å². The highest BCUT2D eigenvalue weighted by Gasteiger charge is 2.30. The van der Waals surface area contributed by atoms with E-state index >= 15 is 0 Å². The molecule has 2 aromatic rings. The molecule has 0 spiro atoms. The highest BCUT2D eigenvalue weighted by molar-refractivity contribution is 5.67. The number of hydrogen-bond donors (Lipinski definition) is 1. The predicted octanol–water partition coefficient (Wildman–Crippen LogP) is 3.00. The van der Waals surface area contributed by atoms with Crippen LogP contribution in [0.2, 0.25) is 0 Å². The summed E-state index contributed by atoms with van der Waals surface area (Å²) in [4.78, 5) is 0. The first kappa shape index (κ1) is 10.4. The molecular formula is C13H17N3O. The molecule has 17 heavy (non-hydrogen) atoms. The van der Waals surface area contributed by atoms with Crippen LogP contribution in [-0.2, 0) is 0 Å². The lowest BCUT2D eigenvalue weighted by Crippen LogP contribution is -2.07. The van der Waals surface area contributed by atoms with Crippen molar-refractivity contribution in [3.63, 3.8) is 0 Å². The Hall–Kier alpha value is -1.71. The number of aryl methyl sites for hydroxylation is 1. The van der Waals surface area contributed by atoms with Crippen LogP contribution in [0.3, 0.4) is 0 Å². The molecule has 3 rings (SSSR count). The second kappa shape index (κ2) is 3.65. The van der Waals surface area contributed by atoms with Crippen LogP contribution >= 0.6 is 0 Å². The largest absolute Gasteiger partial charge is 0.460 e. The minimum absolute atomic E-state index is 0.433. The van der Waals surface area contributed by atoms with Gasteiger partial charge >= 0.3 is 0 Å². The average Bonchev–Trinajstić information content (AvgIpc) is 2.96. The molecule has 0 aromatic carbocycles. The maximum Gasteiger partial charge on any atom is 0.156 e. The number of hydrogen-bond acceptors (Lipinski definition) is 3. The summed E-state index contributed by atoms with van der Waals surface area (Å²) in [7, 11) is 0. The van der Waals surface area contributed by atoms with E-state index in [9.17, 15) is 0 Å². The van der Waals surface area contributed by atoms with E-state index in [1.807, 2.05) is 29.9 Å². The number of nitrogen functional groups attached to an aromatic ring is 1. The molecule has 1 fully saturated rings. The van der Waals surface area contributed by atoms with Crippen molar-refractivity contribution in [3.05, 3.63) is 24.1 Å². The Bertz CT molecular complexity index is 537. The van der Waals surface area contributed by atoms with Gasteiger partial charge in [-0.3, -0.25) is 4.68 Å². The summed E-state index contributed by atoms with van der Waals surface area (Å²) in [5, 5.41) is 4.55. The molecule has 0 aliphatic heterocycles. The summed E-state index contributed by atoms with van der Waals surface area (Å²) >= 11 is 0. The standard InChI is InChI=1S/C13H17N3O/c1-8-3-6-12(17-8)13-11(14)7-16(15-13)9(2)10-4-5-10/h3,6-7,9-10H,4-5,14H2,1-2H3. The maximum atomic E-state index is 6.00. The molecule has 1 saturated carbocycles. The second-order valence-corrected chi connectivity index (χ2v) is 4.90. The van der Waals surface area contributed by atoms with Crippen LogP contribution in [0.1, 0.15) is 31.6 Å². The van der Waals surface area contributed by atoms with Crippen molar-refractivity contribution in [2.45, 2.75) is 32.7 Å². The number of aromatic nitrogens is 2. The fourth-order valence-electron chi connectivity index (χ4n) is 2.16. The topological polar surface area (TPSA) is 57.0 Å². The fourth-order valence-corrected chi connectivity index (χ4v) is 2.16. The van der Waals surface area contributed by atoms with Gasteiger partial charge in [-0.1, -0.05) is 0 Å². The van der Waals surface area contributed by atoms with Gasteiger partial charge in [0.05, 0.1) is 11.7 Å². The van der Waals surface area contributed by atoms with E-state index in [1.54, 1.807) is 0 Å². The van der Waals surface area contributed by atoms with Crippen LogP contribution in [0.15, 0.2) is 22.7 Å². The summed E-state index contributed by atoms with van der Waals surface area (Å²) < 4.78 is 7.54. The Morgan fingerprint density at radius 1 is 1.47 bits per heavy atom. The lowest BCUT2D eigenvalue weighted by Gasteiger charge is -2.09. The third-order valence-electron chi connectivity index (χ3n) is 3.46. The van der Waals surface area contributed by atoms with Crippen LogP contribution in [-0.4, -0.2) is 9.78 Å². The molecule has 2 heterocycles. The van der Waals surface area contributed by atoms with Crippen molar-refractivity contribution in [2.75, 3.05) is 5.73 Å². The smallest absolute Gasteiger partial charge is 0.156 e. The van der Waals surface area contributed by atoms with Gasteiger partial charge in [0.2, 0.25) is 0 Å². The highest BCUT2D eigenvalue weighted by Crippen LogP contribution is 2.40. The van der Waals surface area contributed by atoms with Crippen molar-refractivity contribution >= 4 is 5.69 Å². The molecule has 2 aromatic heterocycles. The third-order valence-corrected chi connectivity index (χ3v) is 3.46. The van der Waals surface area contributed by atoms with E-state index in [0.717, 1.165) is 23.1 Å². The zero-order chi connectivity index (χ0) is 12.0. The Labute approximate surface area is 100 Å². The van der Waals surface area contributed by atoms with Crippen molar-refractivity contribution in [1.29, 1.82) is 0 Å². The Kier molecular flexibility index (Phi) is 2.24. The van der Waals surface area contributed by atoms with Gasteiger partial charge in [0.1, 0.15) is 5.76 Å². The maximum absolute atomic E-state index is 6.00. The van der Waals surface area contributed by atoms with E-state index in [0.29, 0.717) is 11.7 Å². The molecule has 4 heteroatoms. The van der Waals surface area contributed by atoms with Gasteiger partial charge in [-0.2, -0.15) is 5.10 Å². The molecule has 90 valence electrons. The van der Waals surface area contributed by atoms with E-state index in [1.165, 1.54) is 12.8 Å². The number of rotatable bonds is 3. The van der Waals surface area contributed by atoms with E-state index in [-0.39, 0.29) is 0 Å². The lowest BCUT2D eigenvalue weighted by atomic mass is 10.2. The van der Waals surface area contributed by atoms with Crippen LogP contribution in [0.5, 0.6) is 0 Å². The van der Waals surface area contributed by atoms with E-state index < -0.39 is 0 Å². The minimum atomic E-state index is 0.433. The molecule has 0 saturated heterocycles. The summed E-state index contributed by atoms with van der Waals surface area (Å²) in [5.41, 5.74) is 7.44. The molecule has 2 N–H and O–H groups in total. The zero-order valence-corrected chi connectivity index (χ0v) is 10.2. The van der Waals surface area contributed by atoms with Crippen molar-refractivity contribution in [1.82, 2.24) is 9.78 Å². The molecule has 0 amide bonds. The molecule has 4 nitrogen and oxygen atoms in total. The molecule has 1 unspecified atom stereocenters. The van der Waals surface area contributed by atoms with Crippen molar-refractivity contribution < 1.29 is 4.42 Å².